The van der Waals surface area contributed by atoms with Crippen LogP contribution in [0.2, 0.25) is 5.02 Å². The largest absolute Gasteiger partial charge is 0.394 e. The number of hydrazine groups is 1. The first-order valence-electron chi connectivity index (χ1n) is 9.37. The lowest BCUT2D eigenvalue weighted by molar-refractivity contribution is -0.164. The van der Waals surface area contributed by atoms with E-state index in [-0.39, 0.29) is 11.3 Å². The van der Waals surface area contributed by atoms with E-state index in [1.807, 2.05) is 0 Å². The molecule has 0 aromatic heterocycles. The summed E-state index contributed by atoms with van der Waals surface area (Å²) in [6, 6.07) is 7.22. The van der Waals surface area contributed by atoms with Gasteiger partial charge in [0.1, 0.15) is 23.7 Å². The number of aliphatic hydroxyl groups excluding tert-OH is 3. The summed E-state index contributed by atoms with van der Waals surface area (Å²) < 4.78 is 46.0. The normalized spacial score (nSPS) is 26.1. The van der Waals surface area contributed by atoms with Crippen molar-refractivity contribution < 1.29 is 33.2 Å². The SMILES string of the molecule is NN/C(=C\NC1C(O)[C@@H](Sc2cccc(Cl)c2)OC(CO)[C@@H]1O)c1cc(F)c(F)c(F)c1. The first kappa shape index (κ1) is 24.6. The zero-order chi connectivity index (χ0) is 23.4. The van der Waals surface area contributed by atoms with Gasteiger partial charge in [-0.15, -0.1) is 0 Å². The summed E-state index contributed by atoms with van der Waals surface area (Å²) in [5.74, 6) is 0.974. The van der Waals surface area contributed by atoms with Crippen LogP contribution >= 0.6 is 23.4 Å². The predicted octanol–water partition coefficient (Wildman–Crippen LogP) is 1.71. The quantitative estimate of drug-likeness (QED) is 0.197. The summed E-state index contributed by atoms with van der Waals surface area (Å²) in [4.78, 5) is 0.686. The Hall–Kier alpha value is -1.99. The third-order valence-corrected chi connectivity index (χ3v) is 6.19. The van der Waals surface area contributed by atoms with Gasteiger partial charge in [-0.1, -0.05) is 29.4 Å². The maximum atomic E-state index is 13.6. The molecule has 1 heterocycles. The highest BCUT2D eigenvalue weighted by Gasteiger charge is 2.44. The van der Waals surface area contributed by atoms with Gasteiger partial charge >= 0.3 is 0 Å². The topological polar surface area (TPSA) is 120 Å². The van der Waals surface area contributed by atoms with Gasteiger partial charge in [0.15, 0.2) is 17.5 Å². The Morgan fingerprint density at radius 2 is 1.84 bits per heavy atom. The van der Waals surface area contributed by atoms with Crippen LogP contribution in [0.1, 0.15) is 5.56 Å². The third kappa shape index (κ3) is 5.49. The van der Waals surface area contributed by atoms with Crippen molar-refractivity contribution in [3.8, 4) is 0 Å². The van der Waals surface area contributed by atoms with E-state index in [1.165, 1.54) is 6.20 Å². The Bertz CT molecular complexity index is 964. The number of hydrogen-bond acceptors (Lipinski definition) is 8. The number of nitrogens with one attached hydrogen (secondary N) is 2. The smallest absolute Gasteiger partial charge is 0.194 e. The van der Waals surface area contributed by atoms with Crippen LogP contribution in [0.4, 0.5) is 13.2 Å². The number of halogens is 4. The molecule has 32 heavy (non-hydrogen) atoms. The van der Waals surface area contributed by atoms with Gasteiger partial charge in [0, 0.05) is 21.7 Å². The number of nitrogens with two attached hydrogens (primary N) is 1. The highest BCUT2D eigenvalue weighted by Crippen LogP contribution is 2.34. The van der Waals surface area contributed by atoms with Crippen molar-refractivity contribution in [3.05, 3.63) is 70.6 Å². The van der Waals surface area contributed by atoms with Crippen LogP contribution < -0.4 is 16.6 Å². The molecule has 3 unspecified atom stereocenters. The number of thioether (sulfide) groups is 1. The molecule has 5 atom stereocenters. The van der Waals surface area contributed by atoms with Gasteiger partial charge in [-0.25, -0.2) is 13.2 Å². The molecular formula is C20H21ClF3N3O4S. The fourth-order valence-electron chi connectivity index (χ4n) is 3.15. The monoisotopic (exact) mass is 491 g/mol. The molecule has 2 aromatic carbocycles. The van der Waals surface area contributed by atoms with Crippen LogP contribution in [0.5, 0.6) is 0 Å². The molecule has 2 aromatic rings. The van der Waals surface area contributed by atoms with Crippen LogP contribution in [0.25, 0.3) is 5.70 Å². The van der Waals surface area contributed by atoms with Crippen LogP contribution in [-0.2, 0) is 4.74 Å². The van der Waals surface area contributed by atoms with E-state index in [1.54, 1.807) is 24.3 Å². The molecule has 0 radical (unpaired) electrons. The Morgan fingerprint density at radius 1 is 1.16 bits per heavy atom. The van der Waals surface area contributed by atoms with Crippen molar-refractivity contribution in [3.63, 3.8) is 0 Å². The van der Waals surface area contributed by atoms with Gasteiger partial charge in [-0.2, -0.15) is 0 Å². The molecule has 0 saturated carbocycles. The van der Waals surface area contributed by atoms with E-state index in [2.05, 4.69) is 10.7 Å². The lowest BCUT2D eigenvalue weighted by Crippen LogP contribution is -2.62. The molecule has 1 aliphatic rings. The molecule has 7 nitrogen and oxygen atoms in total. The van der Waals surface area contributed by atoms with Gasteiger partial charge < -0.3 is 30.8 Å². The van der Waals surface area contributed by atoms with Gasteiger partial charge in [0.25, 0.3) is 0 Å². The number of hydrogen-bond donors (Lipinski definition) is 6. The summed E-state index contributed by atoms with van der Waals surface area (Å²) in [7, 11) is 0. The van der Waals surface area contributed by atoms with E-state index in [0.717, 1.165) is 23.9 Å². The van der Waals surface area contributed by atoms with Crippen molar-refractivity contribution in [1.82, 2.24) is 10.7 Å². The number of benzene rings is 2. The Morgan fingerprint density at radius 3 is 2.44 bits per heavy atom. The van der Waals surface area contributed by atoms with Crippen molar-refractivity contribution in [1.29, 1.82) is 0 Å². The van der Waals surface area contributed by atoms with Crippen molar-refractivity contribution >= 4 is 29.1 Å². The summed E-state index contributed by atoms with van der Waals surface area (Å²) >= 11 is 7.12. The zero-order valence-corrected chi connectivity index (χ0v) is 18.0. The Kier molecular flexibility index (Phi) is 8.28. The number of aliphatic hydroxyl groups is 3. The molecule has 1 aliphatic heterocycles. The maximum Gasteiger partial charge on any atom is 0.194 e. The zero-order valence-electron chi connectivity index (χ0n) is 16.4. The maximum absolute atomic E-state index is 13.6. The summed E-state index contributed by atoms with van der Waals surface area (Å²) in [6.07, 6.45) is -2.49. The van der Waals surface area contributed by atoms with Crippen LogP contribution in [-0.4, -0.2) is 51.7 Å². The summed E-state index contributed by atoms with van der Waals surface area (Å²) in [5, 5.41) is 34.1. The average Bonchev–Trinajstić information content (AvgIpc) is 2.76. The van der Waals surface area contributed by atoms with Gasteiger partial charge in [-0.3, -0.25) is 5.84 Å². The minimum absolute atomic E-state index is 0.0479. The highest BCUT2D eigenvalue weighted by atomic mass is 35.5. The second-order valence-electron chi connectivity index (χ2n) is 6.93. The minimum Gasteiger partial charge on any atom is -0.394 e. The van der Waals surface area contributed by atoms with E-state index >= 15 is 0 Å². The third-order valence-electron chi connectivity index (χ3n) is 4.80. The molecule has 1 fully saturated rings. The number of rotatable bonds is 7. The van der Waals surface area contributed by atoms with E-state index in [9.17, 15) is 28.5 Å². The molecule has 0 spiro atoms. The molecule has 12 heteroatoms. The predicted molar refractivity (Wildman–Crippen MR) is 114 cm³/mol. The first-order valence-corrected chi connectivity index (χ1v) is 10.6. The summed E-state index contributed by atoms with van der Waals surface area (Å²) in [6.45, 7) is -0.529. The van der Waals surface area contributed by atoms with Crippen LogP contribution in [0, 0.1) is 17.5 Å². The van der Waals surface area contributed by atoms with E-state index < -0.39 is 53.8 Å². The standard InChI is InChI=1S/C20H21ClF3N3O4S/c21-10-2-1-3-11(6-10)32-20-19(30)17(18(29)15(8-28)31-20)26-7-14(27-25)9-4-12(22)16(24)13(23)5-9/h1-7,15,17-20,26-30H,8,25H2/b14-7-/t15?,17?,18-,19?,20+/m0/s1. The molecule has 1 saturated heterocycles. The fourth-order valence-corrected chi connectivity index (χ4v) is 4.54. The van der Waals surface area contributed by atoms with E-state index in [4.69, 9.17) is 22.2 Å². The molecule has 0 amide bonds. The molecule has 3 rings (SSSR count). The molecule has 0 aliphatic carbocycles. The van der Waals surface area contributed by atoms with Crippen molar-refractivity contribution in [2.45, 2.75) is 34.7 Å². The van der Waals surface area contributed by atoms with Gasteiger partial charge in [-0.05, 0) is 30.3 Å². The minimum atomic E-state index is -1.62. The molecule has 7 N–H and O–H groups in total. The lowest BCUT2D eigenvalue weighted by Gasteiger charge is -2.42. The second-order valence-corrected chi connectivity index (χ2v) is 8.54. The lowest BCUT2D eigenvalue weighted by atomic mass is 9.97. The Balaban J connectivity index is 1.83. The van der Waals surface area contributed by atoms with Crippen molar-refractivity contribution in [2.24, 2.45) is 5.84 Å². The molecular weight excluding hydrogens is 471 g/mol. The van der Waals surface area contributed by atoms with Gasteiger partial charge in [0.2, 0.25) is 0 Å². The Labute approximate surface area is 191 Å². The molecule has 0 bridgehead atoms. The fraction of sp³-hybridized carbons (Fsp3) is 0.300. The van der Waals surface area contributed by atoms with Crippen LogP contribution in [0.15, 0.2) is 47.5 Å². The highest BCUT2D eigenvalue weighted by molar-refractivity contribution is 7.99. The number of ether oxygens (including phenoxy) is 1. The van der Waals surface area contributed by atoms with Crippen LogP contribution in [0.3, 0.4) is 0 Å². The molecule has 174 valence electrons. The van der Waals surface area contributed by atoms with Gasteiger partial charge in [0.05, 0.1) is 18.3 Å². The van der Waals surface area contributed by atoms with E-state index in [0.29, 0.717) is 9.92 Å². The average molecular weight is 492 g/mol. The first-order chi connectivity index (χ1) is 15.2. The summed E-state index contributed by atoms with van der Waals surface area (Å²) in [5.41, 5.74) is 1.17. The second kappa shape index (κ2) is 10.8. The van der Waals surface area contributed by atoms with Crippen molar-refractivity contribution in [2.75, 3.05) is 6.61 Å².